The van der Waals surface area contributed by atoms with E-state index < -0.39 is 17.4 Å². The first-order chi connectivity index (χ1) is 21.6. The van der Waals surface area contributed by atoms with E-state index in [1.54, 1.807) is 42.3 Å². The first kappa shape index (κ1) is 32.8. The molecule has 0 spiro atoms. The van der Waals surface area contributed by atoms with Gasteiger partial charge in [-0.1, -0.05) is 87.5 Å². The van der Waals surface area contributed by atoms with Crippen molar-refractivity contribution in [1.29, 1.82) is 0 Å². The molecule has 0 radical (unpaired) electrons. The van der Waals surface area contributed by atoms with Gasteiger partial charge in [-0.2, -0.15) is 0 Å². The predicted molar refractivity (Wildman–Crippen MR) is 176 cm³/mol. The number of nitrogens with one attached hydrogen (secondary N) is 1. The van der Waals surface area contributed by atoms with Crippen LogP contribution in [0, 0.1) is 5.41 Å². The first-order valence-electron chi connectivity index (χ1n) is 14.8. The Hall–Kier alpha value is -5.11. The molecule has 234 valence electrons. The second-order valence-electron chi connectivity index (χ2n) is 11.5. The predicted octanol–water partition coefficient (Wildman–Crippen LogP) is 6.58. The third-order valence-electron chi connectivity index (χ3n) is 7.23. The Balaban J connectivity index is 1.44. The van der Waals surface area contributed by atoms with Gasteiger partial charge >= 0.3 is 5.97 Å². The molecule has 1 N–H and O–H groups in total. The van der Waals surface area contributed by atoms with Gasteiger partial charge in [-0.3, -0.25) is 9.59 Å². The Morgan fingerprint density at radius 2 is 1.44 bits per heavy atom. The topological polar surface area (TPSA) is 94.2 Å². The smallest absolute Gasteiger partial charge is 0.328 e. The third kappa shape index (κ3) is 8.50. The van der Waals surface area contributed by atoms with Crippen molar-refractivity contribution in [3.63, 3.8) is 0 Å². The molecule has 0 aliphatic carbocycles. The minimum atomic E-state index is -0.732. The van der Waals surface area contributed by atoms with E-state index in [0.717, 1.165) is 5.56 Å². The molecule has 0 aromatic heterocycles. The molecule has 0 heterocycles. The number of hydrogen-bond acceptors (Lipinski definition) is 7. The van der Waals surface area contributed by atoms with Crippen LogP contribution in [0.25, 0.3) is 0 Å². The number of esters is 1. The van der Waals surface area contributed by atoms with Crippen LogP contribution in [0.2, 0.25) is 0 Å². The highest BCUT2D eigenvalue weighted by molar-refractivity contribution is 6.12. The minimum absolute atomic E-state index is 0.0423. The van der Waals surface area contributed by atoms with Crippen LogP contribution in [-0.4, -0.2) is 51.1 Å². The van der Waals surface area contributed by atoms with Gasteiger partial charge in [0.1, 0.15) is 24.1 Å². The lowest BCUT2D eigenvalue weighted by Gasteiger charge is -2.30. The SMILES string of the molecule is COC(=O)[C@H](Cc1ccc(OCCN(C(=O)C(C)(C)C)c2ccccc2OC)cc1)Nc1ccccc1C(=O)c1ccccc1. The number of ether oxygens (including phenoxy) is 3. The lowest BCUT2D eigenvalue weighted by atomic mass is 9.94. The van der Waals surface area contributed by atoms with Gasteiger partial charge in [0.2, 0.25) is 5.91 Å². The van der Waals surface area contributed by atoms with Crippen molar-refractivity contribution in [3.05, 3.63) is 120 Å². The summed E-state index contributed by atoms with van der Waals surface area (Å²) in [5.41, 5.74) is 2.54. The van der Waals surface area contributed by atoms with E-state index in [1.165, 1.54) is 7.11 Å². The molecule has 1 amide bonds. The number of rotatable bonds is 13. The summed E-state index contributed by atoms with van der Waals surface area (Å²) in [6, 6.07) is 30.3. The molecular weight excluding hydrogens is 568 g/mol. The zero-order chi connectivity index (χ0) is 32.4. The van der Waals surface area contributed by atoms with Gasteiger partial charge in [0, 0.05) is 28.7 Å². The minimum Gasteiger partial charge on any atom is -0.495 e. The van der Waals surface area contributed by atoms with Crippen LogP contribution in [-0.2, 0) is 20.7 Å². The van der Waals surface area contributed by atoms with Crippen molar-refractivity contribution in [2.75, 3.05) is 37.6 Å². The van der Waals surface area contributed by atoms with E-state index in [9.17, 15) is 14.4 Å². The number of benzene rings is 4. The highest BCUT2D eigenvalue weighted by Gasteiger charge is 2.30. The van der Waals surface area contributed by atoms with Crippen molar-refractivity contribution in [1.82, 2.24) is 0 Å². The van der Waals surface area contributed by atoms with Crippen LogP contribution in [0.3, 0.4) is 0 Å². The van der Waals surface area contributed by atoms with Crippen molar-refractivity contribution >= 4 is 29.0 Å². The number of para-hydroxylation sites is 3. The Kier molecular flexibility index (Phi) is 11.0. The van der Waals surface area contributed by atoms with E-state index in [1.807, 2.05) is 93.6 Å². The molecule has 1 atom stereocenters. The van der Waals surface area contributed by atoms with Crippen LogP contribution in [0.1, 0.15) is 42.3 Å². The summed E-state index contributed by atoms with van der Waals surface area (Å²) >= 11 is 0. The number of amides is 1. The maximum absolute atomic E-state index is 13.3. The van der Waals surface area contributed by atoms with Crippen molar-refractivity contribution in [2.45, 2.75) is 33.2 Å². The highest BCUT2D eigenvalue weighted by Crippen LogP contribution is 2.31. The van der Waals surface area contributed by atoms with E-state index >= 15 is 0 Å². The lowest BCUT2D eigenvalue weighted by Crippen LogP contribution is -2.42. The Morgan fingerprint density at radius 3 is 2.11 bits per heavy atom. The molecule has 8 heteroatoms. The molecule has 0 unspecified atom stereocenters. The fourth-order valence-electron chi connectivity index (χ4n) is 4.88. The fraction of sp³-hybridized carbons (Fsp3) is 0.270. The summed E-state index contributed by atoms with van der Waals surface area (Å²) in [6.07, 6.45) is 0.322. The summed E-state index contributed by atoms with van der Waals surface area (Å²) < 4.78 is 16.6. The zero-order valence-electron chi connectivity index (χ0n) is 26.4. The molecule has 45 heavy (non-hydrogen) atoms. The third-order valence-corrected chi connectivity index (χ3v) is 7.23. The van der Waals surface area contributed by atoms with Gasteiger partial charge in [0.15, 0.2) is 5.78 Å². The number of methoxy groups -OCH3 is 2. The van der Waals surface area contributed by atoms with Crippen LogP contribution in [0.4, 0.5) is 11.4 Å². The number of nitrogens with zero attached hydrogens (tertiary/aromatic N) is 1. The van der Waals surface area contributed by atoms with Gasteiger partial charge in [-0.25, -0.2) is 4.79 Å². The molecule has 0 aliphatic rings. The van der Waals surface area contributed by atoms with Gasteiger partial charge in [-0.15, -0.1) is 0 Å². The quantitative estimate of drug-likeness (QED) is 0.135. The monoisotopic (exact) mass is 608 g/mol. The molecular formula is C37H40N2O6. The molecule has 4 aromatic rings. The van der Waals surface area contributed by atoms with E-state index in [4.69, 9.17) is 14.2 Å². The Morgan fingerprint density at radius 1 is 0.800 bits per heavy atom. The largest absolute Gasteiger partial charge is 0.495 e. The maximum atomic E-state index is 13.3. The number of carbonyl (C=O) groups excluding carboxylic acids is 3. The average molecular weight is 609 g/mol. The molecule has 4 rings (SSSR count). The van der Waals surface area contributed by atoms with E-state index in [-0.39, 0.29) is 18.3 Å². The summed E-state index contributed by atoms with van der Waals surface area (Å²) in [4.78, 5) is 41.0. The van der Waals surface area contributed by atoms with Crippen molar-refractivity contribution in [2.24, 2.45) is 5.41 Å². The maximum Gasteiger partial charge on any atom is 0.328 e. The molecule has 8 nitrogen and oxygen atoms in total. The second-order valence-corrected chi connectivity index (χ2v) is 11.5. The number of hydrogen-bond donors (Lipinski definition) is 1. The lowest BCUT2D eigenvalue weighted by molar-refractivity contribution is -0.141. The van der Waals surface area contributed by atoms with Gasteiger partial charge < -0.3 is 24.4 Å². The summed E-state index contributed by atoms with van der Waals surface area (Å²) in [7, 11) is 2.92. The molecule has 0 bridgehead atoms. The second kappa shape index (κ2) is 15.1. The zero-order valence-corrected chi connectivity index (χ0v) is 26.4. The molecule has 4 aromatic carbocycles. The van der Waals surface area contributed by atoms with E-state index in [0.29, 0.717) is 47.0 Å². The van der Waals surface area contributed by atoms with Gasteiger partial charge in [0.05, 0.1) is 26.5 Å². The fourth-order valence-corrected chi connectivity index (χ4v) is 4.88. The summed E-state index contributed by atoms with van der Waals surface area (Å²) in [5, 5.41) is 3.23. The van der Waals surface area contributed by atoms with Gasteiger partial charge in [-0.05, 0) is 42.0 Å². The average Bonchev–Trinajstić information content (AvgIpc) is 3.06. The molecule has 0 fully saturated rings. The number of ketones is 1. The Bertz CT molecular complexity index is 1600. The van der Waals surface area contributed by atoms with Crippen LogP contribution >= 0.6 is 0 Å². The molecule has 0 aliphatic heterocycles. The van der Waals surface area contributed by atoms with Crippen molar-refractivity contribution < 1.29 is 28.6 Å². The standard InChI is InChI=1S/C37H40N2O6/c1-37(2,3)36(42)39(32-17-11-12-18-33(32)43-4)23-24-45-28-21-19-26(20-22-28)25-31(35(41)44-5)38-30-16-10-9-15-29(30)34(40)27-13-7-6-8-14-27/h6-22,31,38H,23-25H2,1-5H3/t31-/m0/s1. The van der Waals surface area contributed by atoms with Crippen LogP contribution in [0.15, 0.2) is 103 Å². The summed E-state index contributed by atoms with van der Waals surface area (Å²) in [6.45, 7) is 6.24. The van der Waals surface area contributed by atoms with Crippen LogP contribution in [0.5, 0.6) is 11.5 Å². The van der Waals surface area contributed by atoms with E-state index in [2.05, 4.69) is 5.32 Å². The summed E-state index contributed by atoms with van der Waals surface area (Å²) in [5.74, 6) is 0.609. The molecule has 0 saturated carbocycles. The number of carbonyl (C=O) groups is 3. The first-order valence-corrected chi connectivity index (χ1v) is 14.8. The molecule has 0 saturated heterocycles. The Labute approximate surface area is 264 Å². The normalized spacial score (nSPS) is 11.7. The van der Waals surface area contributed by atoms with Crippen molar-refractivity contribution in [3.8, 4) is 11.5 Å². The van der Waals surface area contributed by atoms with Gasteiger partial charge in [0.25, 0.3) is 0 Å². The number of anilines is 2. The van der Waals surface area contributed by atoms with Crippen LogP contribution < -0.4 is 19.7 Å². The highest BCUT2D eigenvalue weighted by atomic mass is 16.5.